The van der Waals surface area contributed by atoms with Crippen LogP contribution in [0.3, 0.4) is 0 Å². The number of amides is 2. The van der Waals surface area contributed by atoms with Gasteiger partial charge in [-0.2, -0.15) is 0 Å². The van der Waals surface area contributed by atoms with Crippen LogP contribution in [0, 0.1) is 12.8 Å². The third-order valence-electron chi connectivity index (χ3n) is 5.08. The van der Waals surface area contributed by atoms with Crippen LogP contribution in [-0.4, -0.2) is 36.9 Å². The van der Waals surface area contributed by atoms with Crippen LogP contribution >= 0.6 is 11.6 Å². The Hall–Kier alpha value is -2.47. The number of nitrogens with zero attached hydrogens (tertiary/aromatic N) is 1. The molecule has 0 bridgehead atoms. The molecule has 1 aromatic carbocycles. The Morgan fingerprint density at radius 2 is 2.18 bits per heavy atom. The van der Waals surface area contributed by atoms with E-state index in [2.05, 4.69) is 5.32 Å². The Labute approximate surface area is 169 Å². The van der Waals surface area contributed by atoms with Crippen molar-refractivity contribution in [2.75, 3.05) is 25.5 Å². The molecule has 1 N–H and O–H groups in total. The fourth-order valence-electron chi connectivity index (χ4n) is 3.52. The van der Waals surface area contributed by atoms with E-state index in [1.54, 1.807) is 37.6 Å². The summed E-state index contributed by atoms with van der Waals surface area (Å²) in [5, 5.41) is 3.32. The second-order valence-corrected chi connectivity index (χ2v) is 7.54. The molecule has 0 saturated carbocycles. The van der Waals surface area contributed by atoms with Gasteiger partial charge in [0.25, 0.3) is 5.91 Å². The first-order chi connectivity index (χ1) is 13.5. The molecule has 0 spiro atoms. The first-order valence-electron chi connectivity index (χ1n) is 9.44. The lowest BCUT2D eigenvalue weighted by Crippen LogP contribution is -2.40. The van der Waals surface area contributed by atoms with Crippen LogP contribution in [0.15, 0.2) is 34.9 Å². The number of carbonyl (C=O) groups excluding carboxylic acids is 2. The smallest absolute Gasteiger partial charge is 0.289 e. The van der Waals surface area contributed by atoms with Gasteiger partial charge in [-0.25, -0.2) is 0 Å². The lowest BCUT2D eigenvalue weighted by Gasteiger charge is -2.32. The molecule has 2 heterocycles. The summed E-state index contributed by atoms with van der Waals surface area (Å²) in [6.07, 6.45) is 4.63. The number of aryl methyl sites for hydroxylation is 1. The third-order valence-corrected chi connectivity index (χ3v) is 5.37. The van der Waals surface area contributed by atoms with E-state index in [4.69, 9.17) is 20.8 Å². The summed E-state index contributed by atoms with van der Waals surface area (Å²) in [5.41, 5.74) is 1.49. The van der Waals surface area contributed by atoms with E-state index < -0.39 is 0 Å². The molecule has 1 saturated heterocycles. The van der Waals surface area contributed by atoms with Gasteiger partial charge in [-0.1, -0.05) is 11.6 Å². The van der Waals surface area contributed by atoms with E-state index in [9.17, 15) is 9.59 Å². The predicted octanol–water partition coefficient (Wildman–Crippen LogP) is 4.52. The average molecular weight is 405 g/mol. The van der Waals surface area contributed by atoms with Gasteiger partial charge < -0.3 is 19.4 Å². The Morgan fingerprint density at radius 3 is 2.86 bits per heavy atom. The van der Waals surface area contributed by atoms with Crippen molar-refractivity contribution >= 4 is 29.1 Å². The second-order valence-electron chi connectivity index (χ2n) is 7.13. The molecule has 7 heteroatoms. The summed E-state index contributed by atoms with van der Waals surface area (Å²) in [6, 6.07) is 6.95. The summed E-state index contributed by atoms with van der Waals surface area (Å²) in [5.74, 6) is 1.16. The standard InChI is InChI=1S/C21H25ClN2O4/c1-14-9-11-28-20(14)21(26)24-10-3-4-15(13-24)5-8-19(25)23-16-6-7-18(27-2)17(22)12-16/h6-7,9,11-12,15H,3-5,8,10,13H2,1-2H3,(H,23,25). The summed E-state index contributed by atoms with van der Waals surface area (Å²) < 4.78 is 10.4. The van der Waals surface area contributed by atoms with E-state index >= 15 is 0 Å². The molecule has 3 rings (SSSR count). The van der Waals surface area contributed by atoms with Crippen LogP contribution in [-0.2, 0) is 4.79 Å². The first kappa shape index (κ1) is 20.3. The third kappa shape index (κ3) is 4.87. The SMILES string of the molecule is COc1ccc(NC(=O)CCC2CCCN(C(=O)c3occc3C)C2)cc1Cl. The van der Waals surface area contributed by atoms with Crippen molar-refractivity contribution in [2.24, 2.45) is 5.92 Å². The van der Waals surface area contributed by atoms with Crippen LogP contribution < -0.4 is 10.1 Å². The molecular formula is C21H25ClN2O4. The molecular weight excluding hydrogens is 380 g/mol. The Balaban J connectivity index is 1.50. The molecule has 28 heavy (non-hydrogen) atoms. The lowest BCUT2D eigenvalue weighted by atomic mass is 9.93. The molecule has 2 aromatic rings. The zero-order chi connectivity index (χ0) is 20.1. The van der Waals surface area contributed by atoms with Gasteiger partial charge in [0.05, 0.1) is 18.4 Å². The minimum Gasteiger partial charge on any atom is -0.495 e. The summed E-state index contributed by atoms with van der Waals surface area (Å²) in [7, 11) is 1.55. The number of hydrogen-bond donors (Lipinski definition) is 1. The van der Waals surface area contributed by atoms with Gasteiger partial charge in [-0.15, -0.1) is 0 Å². The van der Waals surface area contributed by atoms with E-state index in [0.717, 1.165) is 31.4 Å². The van der Waals surface area contributed by atoms with Gasteiger partial charge in [-0.05, 0) is 56.4 Å². The van der Waals surface area contributed by atoms with Gasteiger partial charge in [-0.3, -0.25) is 9.59 Å². The van der Waals surface area contributed by atoms with Crippen LogP contribution in [0.5, 0.6) is 5.75 Å². The number of rotatable bonds is 6. The topological polar surface area (TPSA) is 71.8 Å². The van der Waals surface area contributed by atoms with E-state index in [1.807, 2.05) is 11.8 Å². The van der Waals surface area contributed by atoms with E-state index in [1.165, 1.54) is 0 Å². The maximum absolute atomic E-state index is 12.6. The van der Waals surface area contributed by atoms with Crippen molar-refractivity contribution in [3.05, 3.63) is 46.9 Å². The summed E-state index contributed by atoms with van der Waals surface area (Å²) in [4.78, 5) is 26.7. The van der Waals surface area contributed by atoms with Crippen molar-refractivity contribution in [1.82, 2.24) is 4.90 Å². The van der Waals surface area contributed by atoms with Crippen molar-refractivity contribution in [1.29, 1.82) is 0 Å². The van der Waals surface area contributed by atoms with Crippen molar-refractivity contribution in [3.8, 4) is 5.75 Å². The Morgan fingerprint density at radius 1 is 1.36 bits per heavy atom. The molecule has 0 aliphatic carbocycles. The number of carbonyl (C=O) groups is 2. The second kappa shape index (κ2) is 9.15. The number of likely N-dealkylation sites (tertiary alicyclic amines) is 1. The molecule has 1 atom stereocenters. The highest BCUT2D eigenvalue weighted by Gasteiger charge is 2.27. The monoisotopic (exact) mass is 404 g/mol. The largest absolute Gasteiger partial charge is 0.495 e. The zero-order valence-corrected chi connectivity index (χ0v) is 16.9. The molecule has 1 aliphatic rings. The van der Waals surface area contributed by atoms with Crippen LogP contribution in [0.25, 0.3) is 0 Å². The van der Waals surface area contributed by atoms with Gasteiger partial charge in [0.1, 0.15) is 5.75 Å². The molecule has 0 radical (unpaired) electrons. The van der Waals surface area contributed by atoms with E-state index in [-0.39, 0.29) is 11.8 Å². The van der Waals surface area contributed by atoms with Crippen molar-refractivity contribution in [2.45, 2.75) is 32.6 Å². The van der Waals surface area contributed by atoms with Gasteiger partial charge in [0.15, 0.2) is 5.76 Å². The number of piperidine rings is 1. The molecule has 1 aromatic heterocycles. The van der Waals surface area contributed by atoms with Crippen LogP contribution in [0.4, 0.5) is 5.69 Å². The average Bonchev–Trinajstić information content (AvgIpc) is 3.12. The number of furan rings is 1. The molecule has 150 valence electrons. The number of halogens is 1. The number of hydrogen-bond acceptors (Lipinski definition) is 4. The minimum absolute atomic E-state index is 0.0634. The molecule has 1 aliphatic heterocycles. The maximum atomic E-state index is 12.6. The van der Waals surface area contributed by atoms with Crippen LogP contribution in [0.2, 0.25) is 5.02 Å². The molecule has 6 nitrogen and oxygen atoms in total. The quantitative estimate of drug-likeness (QED) is 0.768. The summed E-state index contributed by atoms with van der Waals surface area (Å²) >= 11 is 6.09. The first-order valence-corrected chi connectivity index (χ1v) is 9.82. The number of ether oxygens (including phenoxy) is 1. The lowest BCUT2D eigenvalue weighted by molar-refractivity contribution is -0.116. The fraction of sp³-hybridized carbons (Fsp3) is 0.429. The van der Waals surface area contributed by atoms with Crippen molar-refractivity contribution < 1.29 is 18.7 Å². The number of benzene rings is 1. The highest BCUT2D eigenvalue weighted by molar-refractivity contribution is 6.32. The van der Waals surface area contributed by atoms with E-state index in [0.29, 0.717) is 41.1 Å². The number of anilines is 1. The Bertz CT molecular complexity index is 849. The van der Waals surface area contributed by atoms with Gasteiger partial charge in [0, 0.05) is 30.8 Å². The normalized spacial score (nSPS) is 16.7. The van der Waals surface area contributed by atoms with Crippen molar-refractivity contribution in [3.63, 3.8) is 0 Å². The van der Waals surface area contributed by atoms with Gasteiger partial charge in [0.2, 0.25) is 5.91 Å². The Kier molecular flexibility index (Phi) is 6.62. The molecule has 1 unspecified atom stereocenters. The molecule has 2 amide bonds. The highest BCUT2D eigenvalue weighted by Crippen LogP contribution is 2.28. The molecule has 1 fully saturated rings. The predicted molar refractivity (Wildman–Crippen MR) is 108 cm³/mol. The number of nitrogens with one attached hydrogen (secondary N) is 1. The van der Waals surface area contributed by atoms with Gasteiger partial charge >= 0.3 is 0 Å². The van der Waals surface area contributed by atoms with Crippen LogP contribution in [0.1, 0.15) is 41.8 Å². The fourth-order valence-corrected chi connectivity index (χ4v) is 3.78. The minimum atomic E-state index is -0.0653. The zero-order valence-electron chi connectivity index (χ0n) is 16.2. The summed E-state index contributed by atoms with van der Waals surface area (Å²) in [6.45, 7) is 3.25. The number of methoxy groups -OCH3 is 1. The maximum Gasteiger partial charge on any atom is 0.289 e. The highest BCUT2D eigenvalue weighted by atomic mass is 35.5.